The van der Waals surface area contributed by atoms with Crippen molar-refractivity contribution in [3.8, 4) is 0 Å². The van der Waals surface area contributed by atoms with E-state index in [9.17, 15) is 9.35 Å². The Morgan fingerprint density at radius 2 is 1.96 bits per heavy atom. The second kappa shape index (κ2) is 5.92. The molecule has 0 radical (unpaired) electrons. The molecule has 144 valence electrons. The monoisotopic (exact) mass is 385 g/mol. The van der Waals surface area contributed by atoms with Crippen LogP contribution in [0.25, 0.3) is 10.9 Å². The van der Waals surface area contributed by atoms with E-state index in [0.717, 1.165) is 42.1 Å². The summed E-state index contributed by atoms with van der Waals surface area (Å²) in [5.41, 5.74) is 3.24. The van der Waals surface area contributed by atoms with Crippen LogP contribution in [-0.2, 0) is 23.8 Å². The van der Waals surface area contributed by atoms with Crippen molar-refractivity contribution in [3.05, 3.63) is 39.4 Å². The van der Waals surface area contributed by atoms with E-state index in [2.05, 4.69) is 4.40 Å². The third-order valence-corrected chi connectivity index (χ3v) is 7.46. The Balaban J connectivity index is 1.93. The number of aryl methyl sites for hydroxylation is 1. The summed E-state index contributed by atoms with van der Waals surface area (Å²) in [5, 5.41) is 0.610. The van der Waals surface area contributed by atoms with E-state index in [0.29, 0.717) is 16.6 Å². The summed E-state index contributed by atoms with van der Waals surface area (Å²) in [6.45, 7) is 9.54. The maximum Gasteiger partial charge on any atom is 0.261 e. The molecule has 3 aliphatic rings. The Bertz CT molecular complexity index is 1020. The van der Waals surface area contributed by atoms with Crippen LogP contribution in [0.5, 0.6) is 0 Å². The molecule has 1 aromatic carbocycles. The van der Waals surface area contributed by atoms with E-state index in [1.165, 1.54) is 0 Å². The van der Waals surface area contributed by atoms with Crippen molar-refractivity contribution in [1.82, 2.24) is 9.55 Å². The van der Waals surface area contributed by atoms with Gasteiger partial charge >= 0.3 is 0 Å². The second-order valence-electron chi connectivity index (χ2n) is 9.31. The Morgan fingerprint density at radius 1 is 1.33 bits per heavy atom. The third kappa shape index (κ3) is 2.85. The summed E-state index contributed by atoms with van der Waals surface area (Å²) in [7, 11) is 1.84. The first-order chi connectivity index (χ1) is 12.5. The van der Waals surface area contributed by atoms with Gasteiger partial charge in [0, 0.05) is 18.0 Å². The van der Waals surface area contributed by atoms with Crippen LogP contribution in [0.3, 0.4) is 0 Å². The van der Waals surface area contributed by atoms with Crippen molar-refractivity contribution < 1.29 is 4.55 Å². The van der Waals surface area contributed by atoms with Crippen molar-refractivity contribution >= 4 is 28.0 Å². The highest BCUT2D eigenvalue weighted by atomic mass is 32.2. The number of fused-ring (bicyclic) bond motifs is 1. The Kier molecular flexibility index (Phi) is 4.10. The van der Waals surface area contributed by atoms with Gasteiger partial charge in [-0.05, 0) is 77.5 Å². The molecular weight excluding hydrogens is 358 g/mol. The lowest BCUT2D eigenvalue weighted by molar-refractivity contribution is -0.0373. The lowest BCUT2D eigenvalue weighted by Gasteiger charge is -2.61. The molecule has 0 aliphatic heterocycles. The molecule has 3 fully saturated rings. The first-order valence-corrected chi connectivity index (χ1v) is 10.6. The van der Waals surface area contributed by atoms with Gasteiger partial charge in [0.15, 0.2) is 0 Å². The summed E-state index contributed by atoms with van der Waals surface area (Å²) >= 11 is -1.36. The Hall–Kier alpha value is -1.66. The van der Waals surface area contributed by atoms with E-state index < -0.39 is 16.1 Å². The molecule has 1 unspecified atom stereocenters. The van der Waals surface area contributed by atoms with Gasteiger partial charge in [-0.3, -0.25) is 9.36 Å². The molecule has 0 saturated heterocycles. The number of aromatic nitrogens is 2. The van der Waals surface area contributed by atoms with E-state index in [4.69, 9.17) is 4.98 Å². The molecule has 0 N–H and O–H groups in total. The molecule has 6 heteroatoms. The summed E-state index contributed by atoms with van der Waals surface area (Å²) in [4.78, 5) is 18.1. The standard InChI is InChI=1S/C21H27N3O2S/c1-12-7-15(13(2)23-27(26)20(3,4)5)17-16(8-12)18(25)24(6)19(22-17)21-9-14(10-21)11-21/h7-8,14H,9-11H2,1-6H3. The van der Waals surface area contributed by atoms with E-state index in [1.807, 2.05) is 53.8 Å². The lowest BCUT2D eigenvalue weighted by atomic mass is 9.44. The first kappa shape index (κ1) is 18.7. The molecule has 5 nitrogen and oxygen atoms in total. The zero-order valence-electron chi connectivity index (χ0n) is 16.9. The Morgan fingerprint density at radius 3 is 2.48 bits per heavy atom. The molecule has 2 aromatic rings. The van der Waals surface area contributed by atoms with Crippen LogP contribution in [0.15, 0.2) is 21.3 Å². The highest BCUT2D eigenvalue weighted by Crippen LogP contribution is 2.64. The van der Waals surface area contributed by atoms with Crippen LogP contribution >= 0.6 is 0 Å². The molecule has 3 saturated carbocycles. The van der Waals surface area contributed by atoms with E-state index >= 15 is 0 Å². The van der Waals surface area contributed by atoms with Gasteiger partial charge in [-0.2, -0.15) is 0 Å². The first-order valence-electron chi connectivity index (χ1n) is 9.51. The molecule has 1 aromatic heterocycles. The largest absolute Gasteiger partial charge is 0.591 e. The van der Waals surface area contributed by atoms with Crippen molar-refractivity contribution in [2.45, 2.75) is 64.0 Å². The number of nitrogens with zero attached hydrogens (tertiary/aromatic N) is 3. The minimum absolute atomic E-state index is 0.00517. The van der Waals surface area contributed by atoms with E-state index in [1.54, 1.807) is 4.57 Å². The predicted molar refractivity (Wildman–Crippen MR) is 111 cm³/mol. The molecule has 0 spiro atoms. The maximum atomic E-state index is 13.1. The molecule has 1 atom stereocenters. The average molecular weight is 386 g/mol. The maximum absolute atomic E-state index is 13.1. The van der Waals surface area contributed by atoms with Crippen LogP contribution in [-0.4, -0.2) is 24.6 Å². The quantitative estimate of drug-likeness (QED) is 0.599. The third-order valence-electron chi connectivity index (χ3n) is 5.97. The molecule has 5 rings (SSSR count). The highest BCUT2D eigenvalue weighted by molar-refractivity contribution is 7.91. The van der Waals surface area contributed by atoms with Crippen molar-refractivity contribution in [2.75, 3.05) is 0 Å². The van der Waals surface area contributed by atoms with Gasteiger partial charge in [-0.25, -0.2) is 4.98 Å². The average Bonchev–Trinajstić information content (AvgIpc) is 2.48. The Labute approximate surface area is 163 Å². The van der Waals surface area contributed by atoms with Gasteiger partial charge in [0.05, 0.1) is 16.6 Å². The van der Waals surface area contributed by atoms with Gasteiger partial charge in [0.25, 0.3) is 5.56 Å². The molecule has 0 amide bonds. The highest BCUT2D eigenvalue weighted by Gasteiger charge is 2.59. The summed E-state index contributed by atoms with van der Waals surface area (Å²) in [6, 6.07) is 3.90. The molecular formula is C21H27N3O2S. The summed E-state index contributed by atoms with van der Waals surface area (Å²) in [6.07, 6.45) is 3.42. The number of hydrogen-bond acceptors (Lipinski definition) is 4. The molecule has 27 heavy (non-hydrogen) atoms. The van der Waals surface area contributed by atoms with Crippen molar-refractivity contribution in [2.24, 2.45) is 17.4 Å². The van der Waals surface area contributed by atoms with Gasteiger partial charge in [-0.15, -0.1) is 0 Å². The van der Waals surface area contributed by atoms with Crippen LogP contribution in [0.4, 0.5) is 0 Å². The minimum atomic E-state index is -1.36. The fourth-order valence-corrected chi connectivity index (χ4v) is 4.95. The topological polar surface area (TPSA) is 70.3 Å². The normalized spacial score (nSPS) is 25.9. The van der Waals surface area contributed by atoms with Crippen molar-refractivity contribution in [1.29, 1.82) is 0 Å². The second-order valence-corrected chi connectivity index (χ2v) is 11.2. The minimum Gasteiger partial charge on any atom is -0.591 e. The lowest BCUT2D eigenvalue weighted by Crippen LogP contribution is -2.57. The SMILES string of the molecule is CC(=N[S+]([O-])C(C)(C)C)c1cc(C)cc2c(=O)n(C)c(C34CC(C3)C4)nc12. The summed E-state index contributed by atoms with van der Waals surface area (Å²) < 4.78 is 18.3. The van der Waals surface area contributed by atoms with Crippen LogP contribution in [0.2, 0.25) is 0 Å². The van der Waals surface area contributed by atoms with Gasteiger partial charge < -0.3 is 4.55 Å². The van der Waals surface area contributed by atoms with Gasteiger partial charge in [0.1, 0.15) is 21.9 Å². The molecule has 3 aliphatic carbocycles. The van der Waals surface area contributed by atoms with Crippen molar-refractivity contribution in [3.63, 3.8) is 0 Å². The zero-order chi connectivity index (χ0) is 19.7. The number of benzene rings is 1. The zero-order valence-corrected chi connectivity index (χ0v) is 17.7. The van der Waals surface area contributed by atoms with E-state index in [-0.39, 0.29) is 11.0 Å². The number of hydrogen-bond donors (Lipinski definition) is 0. The molecule has 2 bridgehead atoms. The van der Waals surface area contributed by atoms with Crippen LogP contribution in [0.1, 0.15) is 63.9 Å². The van der Waals surface area contributed by atoms with Crippen LogP contribution in [0, 0.1) is 12.8 Å². The molecule has 1 heterocycles. The fourth-order valence-electron chi connectivity index (χ4n) is 4.33. The number of rotatable bonds is 3. The smallest absolute Gasteiger partial charge is 0.261 e. The van der Waals surface area contributed by atoms with Gasteiger partial charge in [0.2, 0.25) is 0 Å². The predicted octanol–water partition coefficient (Wildman–Crippen LogP) is 3.56. The van der Waals surface area contributed by atoms with Gasteiger partial charge in [-0.1, -0.05) is 4.40 Å². The fraction of sp³-hybridized carbons (Fsp3) is 0.571. The summed E-state index contributed by atoms with van der Waals surface area (Å²) in [5.74, 6) is 1.71. The van der Waals surface area contributed by atoms with Crippen LogP contribution < -0.4 is 5.56 Å².